The minimum atomic E-state index is -1.17. The highest BCUT2D eigenvalue weighted by molar-refractivity contribution is 8.26. The molecule has 3 aromatic rings. The van der Waals surface area contributed by atoms with Crippen LogP contribution in [0.15, 0.2) is 53.4 Å². The summed E-state index contributed by atoms with van der Waals surface area (Å²) in [6.07, 6.45) is 1.50. The summed E-state index contributed by atoms with van der Waals surface area (Å²) >= 11 is 6.10. The molecule has 4 rings (SSSR count). The molecule has 7 nitrogen and oxygen atoms in total. The second kappa shape index (κ2) is 8.40. The number of benzene rings is 2. The first kappa shape index (κ1) is 20.9. The maximum Gasteiger partial charge on any atom is 0.323 e. The van der Waals surface area contributed by atoms with E-state index in [0.717, 1.165) is 16.7 Å². The molecule has 156 valence electrons. The van der Waals surface area contributed by atoms with Crippen molar-refractivity contribution >= 4 is 63.1 Å². The number of hydrogen-bond donors (Lipinski definition) is 1. The van der Waals surface area contributed by atoms with Crippen molar-refractivity contribution < 1.29 is 23.9 Å². The van der Waals surface area contributed by atoms with Gasteiger partial charge in [0.1, 0.15) is 22.5 Å². The van der Waals surface area contributed by atoms with Crippen LogP contribution in [0.1, 0.15) is 16.2 Å². The van der Waals surface area contributed by atoms with Gasteiger partial charge in [-0.15, -0.1) is 0 Å². The third-order valence-electron chi connectivity index (χ3n) is 4.58. The molecule has 1 aliphatic rings. The van der Waals surface area contributed by atoms with E-state index in [2.05, 4.69) is 4.98 Å². The van der Waals surface area contributed by atoms with Crippen LogP contribution in [0.2, 0.25) is 0 Å². The first-order valence-electron chi connectivity index (χ1n) is 9.04. The second-order valence-electron chi connectivity index (χ2n) is 6.64. The lowest BCUT2D eigenvalue weighted by molar-refractivity contribution is -0.140. The molecule has 1 N–H and O–H groups in total. The number of rotatable bonds is 6. The van der Waals surface area contributed by atoms with Crippen LogP contribution in [0.4, 0.5) is 4.39 Å². The van der Waals surface area contributed by atoms with Gasteiger partial charge in [0, 0.05) is 11.6 Å². The van der Waals surface area contributed by atoms with Crippen LogP contribution in [0, 0.1) is 5.82 Å². The van der Waals surface area contributed by atoms with Crippen molar-refractivity contribution in [2.75, 3.05) is 6.54 Å². The van der Waals surface area contributed by atoms with Crippen molar-refractivity contribution in [3.05, 3.63) is 70.6 Å². The molecule has 1 aliphatic heterocycles. The minimum Gasteiger partial charge on any atom is -0.480 e. The molecule has 2 aromatic carbocycles. The summed E-state index contributed by atoms with van der Waals surface area (Å²) < 4.78 is 15.0. The zero-order valence-electron chi connectivity index (χ0n) is 15.8. The quantitative estimate of drug-likeness (QED) is 0.346. The van der Waals surface area contributed by atoms with Crippen LogP contribution in [0.3, 0.4) is 0 Å². The van der Waals surface area contributed by atoms with Gasteiger partial charge in [-0.3, -0.25) is 19.3 Å². The Balaban J connectivity index is 1.72. The smallest absolute Gasteiger partial charge is 0.323 e. The lowest BCUT2D eigenvalue weighted by Crippen LogP contribution is -2.33. The Hall–Kier alpha value is -3.37. The van der Waals surface area contributed by atoms with Gasteiger partial charge < -0.3 is 9.67 Å². The lowest BCUT2D eigenvalue weighted by atomic mass is 10.1. The molecule has 0 spiro atoms. The van der Waals surface area contributed by atoms with Gasteiger partial charge in [0.2, 0.25) is 0 Å². The van der Waals surface area contributed by atoms with Gasteiger partial charge in [-0.25, -0.2) is 9.37 Å². The fourth-order valence-electron chi connectivity index (χ4n) is 3.13. The number of nitrogens with zero attached hydrogens (tertiary/aromatic N) is 3. The summed E-state index contributed by atoms with van der Waals surface area (Å²) in [7, 11) is 0. The molecule has 0 bridgehead atoms. The van der Waals surface area contributed by atoms with Crippen molar-refractivity contribution in [2.24, 2.45) is 0 Å². The number of thiocarbonyl (C=S) groups is 1. The number of aromatic nitrogens is 2. The Kier molecular flexibility index (Phi) is 5.66. The van der Waals surface area contributed by atoms with E-state index in [1.165, 1.54) is 30.3 Å². The fourth-order valence-corrected chi connectivity index (χ4v) is 4.35. The molecular formula is C21H14FN3O4S2. The molecule has 31 heavy (non-hydrogen) atoms. The summed E-state index contributed by atoms with van der Waals surface area (Å²) in [5.41, 5.74) is 1.66. The molecule has 0 atom stereocenters. The molecule has 1 fully saturated rings. The molecule has 1 amide bonds. The number of aliphatic carboxylic acids is 1. The number of halogens is 1. The highest BCUT2D eigenvalue weighted by Gasteiger charge is 2.34. The number of fused-ring (bicyclic) bond motifs is 1. The van der Waals surface area contributed by atoms with E-state index >= 15 is 0 Å². The normalized spacial score (nSPS) is 15.3. The number of carbonyl (C=O) groups is 3. The predicted octanol–water partition coefficient (Wildman–Crippen LogP) is 3.34. The van der Waals surface area contributed by atoms with E-state index in [1.54, 1.807) is 28.8 Å². The average molecular weight is 455 g/mol. The van der Waals surface area contributed by atoms with Crippen molar-refractivity contribution in [2.45, 2.75) is 6.54 Å². The standard InChI is InChI=1S/C21H14FN3O4S2/c22-13-7-5-12(6-8-13)16(26)10-24-15-4-2-1-3-14(15)23-18(24)9-17-20(29)25(11-19(27)28)21(30)31-17/h1-9H,10-11H2,(H,27,28)/b17-9-. The molecule has 0 aliphatic carbocycles. The zero-order chi connectivity index (χ0) is 22.1. The lowest BCUT2D eigenvalue weighted by Gasteiger charge is -2.10. The largest absolute Gasteiger partial charge is 0.480 e. The molecule has 1 aromatic heterocycles. The van der Waals surface area contributed by atoms with Crippen LogP contribution >= 0.6 is 24.0 Å². The molecule has 1 saturated heterocycles. The summed E-state index contributed by atoms with van der Waals surface area (Å²) in [6.45, 7) is -0.602. The first-order chi connectivity index (χ1) is 14.8. The number of thioether (sulfide) groups is 1. The number of hydrogen-bond acceptors (Lipinski definition) is 6. The SMILES string of the molecule is O=C(O)CN1C(=O)/C(=C/c2nc3ccccc3n2CC(=O)c2ccc(F)cc2)SC1=S. The van der Waals surface area contributed by atoms with Gasteiger partial charge >= 0.3 is 5.97 Å². The van der Waals surface area contributed by atoms with Crippen LogP contribution in [0.25, 0.3) is 17.1 Å². The monoisotopic (exact) mass is 455 g/mol. The van der Waals surface area contributed by atoms with Crippen LogP contribution in [0.5, 0.6) is 0 Å². The second-order valence-corrected chi connectivity index (χ2v) is 8.31. The molecule has 2 heterocycles. The Morgan fingerprint density at radius 3 is 2.55 bits per heavy atom. The van der Waals surface area contributed by atoms with E-state index in [4.69, 9.17) is 17.3 Å². The molecule has 10 heteroatoms. The highest BCUT2D eigenvalue weighted by atomic mass is 32.2. The highest BCUT2D eigenvalue weighted by Crippen LogP contribution is 2.33. The fraction of sp³-hybridized carbons (Fsp3) is 0.0952. The van der Waals surface area contributed by atoms with Crippen LogP contribution in [-0.4, -0.2) is 48.1 Å². The number of carbonyl (C=O) groups excluding carboxylic acids is 2. The zero-order valence-corrected chi connectivity index (χ0v) is 17.5. The Morgan fingerprint density at radius 2 is 1.84 bits per heavy atom. The van der Waals surface area contributed by atoms with Crippen molar-refractivity contribution in [3.63, 3.8) is 0 Å². The Bertz CT molecular complexity index is 1270. The van der Waals surface area contributed by atoms with Gasteiger partial charge in [0.15, 0.2) is 5.78 Å². The number of ketones is 1. The third kappa shape index (κ3) is 4.25. The van der Waals surface area contributed by atoms with Gasteiger partial charge in [-0.05, 0) is 36.4 Å². The number of amides is 1. The van der Waals surface area contributed by atoms with Crippen molar-refractivity contribution in [1.82, 2.24) is 14.5 Å². The van der Waals surface area contributed by atoms with E-state index in [0.29, 0.717) is 22.4 Å². The third-order valence-corrected chi connectivity index (χ3v) is 5.96. The van der Waals surface area contributed by atoms with Crippen molar-refractivity contribution in [3.8, 4) is 0 Å². The minimum absolute atomic E-state index is 0.0760. The van der Waals surface area contributed by atoms with Crippen molar-refractivity contribution in [1.29, 1.82) is 0 Å². The van der Waals surface area contributed by atoms with Gasteiger partial charge in [0.05, 0.1) is 22.5 Å². The maximum atomic E-state index is 13.2. The topological polar surface area (TPSA) is 92.5 Å². The van der Waals surface area contributed by atoms with Crippen LogP contribution < -0.4 is 0 Å². The summed E-state index contributed by atoms with van der Waals surface area (Å²) in [6, 6.07) is 12.4. The first-order valence-corrected chi connectivity index (χ1v) is 10.3. The Morgan fingerprint density at radius 1 is 1.13 bits per heavy atom. The van der Waals surface area contributed by atoms with Gasteiger partial charge in [-0.2, -0.15) is 0 Å². The van der Waals surface area contributed by atoms with E-state index in [1.807, 2.05) is 0 Å². The number of imidazole rings is 1. The van der Waals surface area contributed by atoms with Gasteiger partial charge in [0.25, 0.3) is 5.91 Å². The summed E-state index contributed by atoms with van der Waals surface area (Å²) in [4.78, 5) is 42.1. The average Bonchev–Trinajstić information content (AvgIpc) is 3.20. The predicted molar refractivity (Wildman–Crippen MR) is 118 cm³/mol. The molecule has 0 saturated carbocycles. The van der Waals surface area contributed by atoms with Gasteiger partial charge in [-0.1, -0.05) is 36.1 Å². The van der Waals surface area contributed by atoms with E-state index in [-0.39, 0.29) is 21.6 Å². The maximum absolute atomic E-state index is 13.2. The molecular weight excluding hydrogens is 441 g/mol. The summed E-state index contributed by atoms with van der Waals surface area (Å²) in [5.74, 6) is -2.03. The Labute approximate surface area is 185 Å². The number of carboxylic acids is 1. The number of para-hydroxylation sites is 2. The summed E-state index contributed by atoms with van der Waals surface area (Å²) in [5, 5.41) is 8.99. The number of carboxylic acid groups (broad SMARTS) is 1. The van der Waals surface area contributed by atoms with E-state index < -0.39 is 24.2 Å². The molecule has 0 unspecified atom stereocenters. The van der Waals surface area contributed by atoms with Crippen LogP contribution in [-0.2, 0) is 16.1 Å². The number of Topliss-reactive ketones (excluding diaryl/α,β-unsaturated/α-hetero) is 1. The molecule has 0 radical (unpaired) electrons. The van der Waals surface area contributed by atoms with E-state index in [9.17, 15) is 18.8 Å².